The third-order valence-corrected chi connectivity index (χ3v) is 7.03. The van der Waals surface area contributed by atoms with Gasteiger partial charge in [-0.25, -0.2) is 4.39 Å². The Balaban J connectivity index is 1.64. The van der Waals surface area contributed by atoms with Crippen LogP contribution < -0.4 is 15.0 Å². The van der Waals surface area contributed by atoms with Gasteiger partial charge < -0.3 is 10.1 Å². The van der Waals surface area contributed by atoms with E-state index >= 15 is 0 Å². The van der Waals surface area contributed by atoms with Crippen molar-refractivity contribution in [2.45, 2.75) is 19.0 Å². The molecule has 2 aromatic carbocycles. The van der Waals surface area contributed by atoms with Crippen LogP contribution in [0.4, 0.5) is 10.1 Å². The molecular formula is C26H23FN2O3S2. The van der Waals surface area contributed by atoms with Gasteiger partial charge in [-0.2, -0.15) is 0 Å². The minimum Gasteiger partial charge on any atom is -0.497 e. The molecule has 1 N–H and O–H groups in total. The van der Waals surface area contributed by atoms with Crippen LogP contribution in [0.3, 0.4) is 0 Å². The summed E-state index contributed by atoms with van der Waals surface area (Å²) in [6, 6.07) is 19.6. The summed E-state index contributed by atoms with van der Waals surface area (Å²) >= 11 is 2.87. The number of benzene rings is 2. The highest BCUT2D eigenvalue weighted by Crippen LogP contribution is 2.32. The number of hydrogen-bond acceptors (Lipinski definition) is 5. The quantitative estimate of drug-likeness (QED) is 0.330. The molecule has 8 heteroatoms. The minimum atomic E-state index is -0.892. The van der Waals surface area contributed by atoms with Crippen LogP contribution in [0.5, 0.6) is 5.75 Å². The number of ether oxygens (including phenoxy) is 1. The van der Waals surface area contributed by atoms with Gasteiger partial charge in [-0.05, 0) is 64.9 Å². The van der Waals surface area contributed by atoms with Gasteiger partial charge in [0.25, 0.3) is 0 Å². The van der Waals surface area contributed by atoms with Crippen LogP contribution >= 0.6 is 22.7 Å². The molecule has 174 valence electrons. The Labute approximate surface area is 205 Å². The Bertz CT molecular complexity index is 1210. The molecule has 4 aromatic rings. The molecule has 0 fully saturated rings. The van der Waals surface area contributed by atoms with Gasteiger partial charge in [0.05, 0.1) is 13.5 Å². The number of methoxy groups -OCH3 is 1. The average Bonchev–Trinajstić information content (AvgIpc) is 3.56. The zero-order chi connectivity index (χ0) is 23.9. The number of rotatable bonds is 9. The zero-order valence-corrected chi connectivity index (χ0v) is 20.1. The lowest BCUT2D eigenvalue weighted by atomic mass is 10.1. The van der Waals surface area contributed by atoms with E-state index in [1.807, 2.05) is 59.3 Å². The van der Waals surface area contributed by atoms with Gasteiger partial charge >= 0.3 is 0 Å². The predicted molar refractivity (Wildman–Crippen MR) is 134 cm³/mol. The van der Waals surface area contributed by atoms with Crippen molar-refractivity contribution in [1.29, 1.82) is 0 Å². The predicted octanol–water partition coefficient (Wildman–Crippen LogP) is 5.59. The standard InChI is InChI=1S/C26H23FN2O3S2/c1-32-21-12-6-18(7-13-21)17-28-26(31)25(23-5-3-15-34-23)29(20-10-8-19(27)9-11-20)24(30)16-22-4-2-14-33-22/h2-15,25H,16-17H2,1H3,(H,28,31). The molecule has 0 aliphatic heterocycles. The van der Waals surface area contributed by atoms with Gasteiger partial charge in [-0.3, -0.25) is 14.5 Å². The molecule has 4 rings (SSSR count). The van der Waals surface area contributed by atoms with Crippen molar-refractivity contribution in [3.05, 3.63) is 105 Å². The molecule has 1 unspecified atom stereocenters. The highest BCUT2D eigenvalue weighted by Gasteiger charge is 2.33. The van der Waals surface area contributed by atoms with E-state index in [4.69, 9.17) is 4.74 Å². The largest absolute Gasteiger partial charge is 0.497 e. The molecule has 2 heterocycles. The Morgan fingerprint density at radius 3 is 2.29 bits per heavy atom. The summed E-state index contributed by atoms with van der Waals surface area (Å²) < 4.78 is 18.8. The van der Waals surface area contributed by atoms with Crippen LogP contribution in [0.15, 0.2) is 83.6 Å². The summed E-state index contributed by atoms with van der Waals surface area (Å²) in [6.07, 6.45) is 0.142. The number of nitrogens with one attached hydrogen (secondary N) is 1. The fourth-order valence-electron chi connectivity index (χ4n) is 3.54. The average molecular weight is 495 g/mol. The van der Waals surface area contributed by atoms with Gasteiger partial charge in [0.15, 0.2) is 0 Å². The van der Waals surface area contributed by atoms with Gasteiger partial charge in [0.2, 0.25) is 11.8 Å². The van der Waals surface area contributed by atoms with Crippen molar-refractivity contribution in [3.63, 3.8) is 0 Å². The van der Waals surface area contributed by atoms with Gasteiger partial charge in [-0.15, -0.1) is 22.7 Å². The Morgan fingerprint density at radius 1 is 0.971 bits per heavy atom. The first kappa shape index (κ1) is 23.7. The molecule has 1 atom stereocenters. The van der Waals surface area contributed by atoms with E-state index in [2.05, 4.69) is 5.32 Å². The van der Waals surface area contributed by atoms with Crippen LogP contribution in [0, 0.1) is 5.82 Å². The molecule has 2 aromatic heterocycles. The van der Waals surface area contributed by atoms with Crippen molar-refractivity contribution in [1.82, 2.24) is 5.32 Å². The topological polar surface area (TPSA) is 58.6 Å². The summed E-state index contributed by atoms with van der Waals surface area (Å²) in [6.45, 7) is 0.293. The summed E-state index contributed by atoms with van der Waals surface area (Å²) in [7, 11) is 1.60. The number of halogens is 1. The first-order valence-electron chi connectivity index (χ1n) is 10.6. The van der Waals surface area contributed by atoms with Crippen molar-refractivity contribution in [2.75, 3.05) is 12.0 Å². The molecule has 0 aliphatic rings. The van der Waals surface area contributed by atoms with Crippen LogP contribution in [-0.4, -0.2) is 18.9 Å². The SMILES string of the molecule is COc1ccc(CNC(=O)C(c2cccs2)N(C(=O)Cc2cccs2)c2ccc(F)cc2)cc1. The van der Waals surface area contributed by atoms with Gasteiger partial charge in [-0.1, -0.05) is 24.3 Å². The maximum absolute atomic E-state index is 13.7. The second-order valence-electron chi connectivity index (χ2n) is 7.48. The van der Waals surface area contributed by atoms with Gasteiger partial charge in [0, 0.05) is 22.0 Å². The lowest BCUT2D eigenvalue weighted by Crippen LogP contribution is -2.44. The van der Waals surface area contributed by atoms with Crippen LogP contribution in [0.25, 0.3) is 0 Å². The highest BCUT2D eigenvalue weighted by molar-refractivity contribution is 7.10. The number of amides is 2. The summed E-state index contributed by atoms with van der Waals surface area (Å²) in [5, 5.41) is 6.73. The van der Waals surface area contributed by atoms with E-state index in [-0.39, 0.29) is 18.2 Å². The van der Waals surface area contributed by atoms with Crippen molar-refractivity contribution >= 4 is 40.2 Å². The summed E-state index contributed by atoms with van der Waals surface area (Å²) in [5.74, 6) is -0.242. The lowest BCUT2D eigenvalue weighted by Gasteiger charge is -2.30. The maximum atomic E-state index is 13.7. The first-order valence-corrected chi connectivity index (χ1v) is 12.3. The lowest BCUT2D eigenvalue weighted by molar-refractivity contribution is -0.126. The Hall–Kier alpha value is -3.49. The van der Waals surface area contributed by atoms with E-state index in [1.165, 1.54) is 51.8 Å². The molecule has 2 amide bonds. The Morgan fingerprint density at radius 2 is 1.68 bits per heavy atom. The second kappa shape index (κ2) is 11.1. The number of nitrogens with zero attached hydrogens (tertiary/aromatic N) is 1. The fraction of sp³-hybridized carbons (Fsp3) is 0.154. The molecule has 0 spiro atoms. The number of hydrogen-bond donors (Lipinski definition) is 1. The molecule has 0 saturated heterocycles. The van der Waals surface area contributed by atoms with E-state index in [0.29, 0.717) is 12.2 Å². The zero-order valence-electron chi connectivity index (χ0n) is 18.4. The number of carbonyl (C=O) groups excluding carboxylic acids is 2. The molecule has 5 nitrogen and oxygen atoms in total. The van der Waals surface area contributed by atoms with Crippen molar-refractivity contribution in [3.8, 4) is 5.75 Å². The molecular weight excluding hydrogens is 471 g/mol. The van der Waals surface area contributed by atoms with Crippen LogP contribution in [0.1, 0.15) is 21.4 Å². The van der Waals surface area contributed by atoms with E-state index in [9.17, 15) is 14.0 Å². The van der Waals surface area contributed by atoms with Crippen molar-refractivity contribution < 1.29 is 18.7 Å². The molecule has 0 bridgehead atoms. The Kier molecular flexibility index (Phi) is 7.72. The van der Waals surface area contributed by atoms with E-state index in [0.717, 1.165) is 21.1 Å². The summed E-state index contributed by atoms with van der Waals surface area (Å²) in [5.41, 5.74) is 1.36. The highest BCUT2D eigenvalue weighted by atomic mass is 32.1. The number of anilines is 1. The molecule has 0 aliphatic carbocycles. The van der Waals surface area contributed by atoms with E-state index in [1.54, 1.807) is 7.11 Å². The summed E-state index contributed by atoms with van der Waals surface area (Å²) in [4.78, 5) is 30.1. The molecule has 0 radical (unpaired) electrons. The molecule has 0 saturated carbocycles. The number of thiophene rings is 2. The molecule has 34 heavy (non-hydrogen) atoms. The maximum Gasteiger partial charge on any atom is 0.248 e. The van der Waals surface area contributed by atoms with Gasteiger partial charge in [0.1, 0.15) is 17.6 Å². The van der Waals surface area contributed by atoms with E-state index < -0.39 is 11.9 Å². The van der Waals surface area contributed by atoms with Crippen LogP contribution in [0.2, 0.25) is 0 Å². The fourth-order valence-corrected chi connectivity index (χ4v) is 5.04. The third-order valence-electron chi connectivity index (χ3n) is 5.22. The smallest absolute Gasteiger partial charge is 0.248 e. The second-order valence-corrected chi connectivity index (χ2v) is 9.49. The minimum absolute atomic E-state index is 0.142. The third kappa shape index (κ3) is 5.70. The van der Waals surface area contributed by atoms with Crippen molar-refractivity contribution in [2.24, 2.45) is 0 Å². The monoisotopic (exact) mass is 494 g/mol. The number of carbonyl (C=O) groups is 2. The first-order chi connectivity index (χ1) is 16.5. The normalized spacial score (nSPS) is 11.6. The van der Waals surface area contributed by atoms with Crippen LogP contribution in [-0.2, 0) is 22.6 Å².